The lowest BCUT2D eigenvalue weighted by atomic mass is 10.3. The molecule has 0 bridgehead atoms. The molecule has 2 rings (SSSR count). The summed E-state index contributed by atoms with van der Waals surface area (Å²) in [6.45, 7) is 2.38. The third-order valence-corrected chi connectivity index (χ3v) is 2.60. The van der Waals surface area contributed by atoms with Gasteiger partial charge in [0.05, 0.1) is 6.54 Å². The van der Waals surface area contributed by atoms with Gasteiger partial charge in [0.1, 0.15) is 5.69 Å². The zero-order valence-electron chi connectivity index (χ0n) is 9.97. The maximum atomic E-state index is 11.8. The van der Waals surface area contributed by atoms with Crippen molar-refractivity contribution in [2.45, 2.75) is 13.5 Å². The standard InChI is InChI=1S/C13H15N3O/c1-10-5-3-7-12(15-10)13(17)14-9-11-6-4-8-16(11)2/h3-8H,9H2,1-2H3,(H,14,17). The predicted molar refractivity (Wildman–Crippen MR) is 65.6 cm³/mol. The van der Waals surface area contributed by atoms with Crippen LogP contribution in [0.5, 0.6) is 0 Å². The molecule has 88 valence electrons. The van der Waals surface area contributed by atoms with E-state index in [1.54, 1.807) is 6.07 Å². The summed E-state index contributed by atoms with van der Waals surface area (Å²) in [4.78, 5) is 16.0. The van der Waals surface area contributed by atoms with E-state index in [1.807, 2.05) is 49.0 Å². The molecule has 17 heavy (non-hydrogen) atoms. The highest BCUT2D eigenvalue weighted by molar-refractivity contribution is 5.92. The molecular weight excluding hydrogens is 214 g/mol. The summed E-state index contributed by atoms with van der Waals surface area (Å²) in [5.41, 5.74) is 2.36. The number of nitrogens with one attached hydrogen (secondary N) is 1. The first kappa shape index (κ1) is 11.4. The van der Waals surface area contributed by atoms with Gasteiger partial charge in [-0.05, 0) is 31.2 Å². The number of hydrogen-bond donors (Lipinski definition) is 1. The Morgan fingerprint density at radius 2 is 2.18 bits per heavy atom. The number of amides is 1. The highest BCUT2D eigenvalue weighted by Crippen LogP contribution is 2.01. The van der Waals surface area contributed by atoms with E-state index < -0.39 is 0 Å². The van der Waals surface area contributed by atoms with Crippen LogP contribution in [-0.4, -0.2) is 15.5 Å². The molecule has 0 aliphatic heterocycles. The third-order valence-electron chi connectivity index (χ3n) is 2.60. The second-order valence-corrected chi connectivity index (χ2v) is 3.96. The summed E-state index contributed by atoms with van der Waals surface area (Å²) in [6.07, 6.45) is 1.95. The average molecular weight is 229 g/mol. The second-order valence-electron chi connectivity index (χ2n) is 3.96. The van der Waals surface area contributed by atoms with Gasteiger partial charge in [0.15, 0.2) is 0 Å². The van der Waals surface area contributed by atoms with Gasteiger partial charge in [-0.1, -0.05) is 6.07 Å². The molecule has 0 aliphatic carbocycles. The summed E-state index contributed by atoms with van der Waals surface area (Å²) in [5, 5.41) is 2.85. The van der Waals surface area contributed by atoms with E-state index in [0.29, 0.717) is 12.2 Å². The molecule has 2 heterocycles. The van der Waals surface area contributed by atoms with E-state index in [4.69, 9.17) is 0 Å². The Balaban J connectivity index is 2.01. The third kappa shape index (κ3) is 2.72. The van der Waals surface area contributed by atoms with Gasteiger partial charge in [-0.2, -0.15) is 0 Å². The average Bonchev–Trinajstić information content (AvgIpc) is 2.72. The maximum Gasteiger partial charge on any atom is 0.270 e. The van der Waals surface area contributed by atoms with Crippen molar-refractivity contribution in [3.05, 3.63) is 53.6 Å². The van der Waals surface area contributed by atoms with Crippen molar-refractivity contribution in [2.24, 2.45) is 7.05 Å². The number of aryl methyl sites for hydroxylation is 2. The van der Waals surface area contributed by atoms with E-state index in [9.17, 15) is 4.79 Å². The number of aromatic nitrogens is 2. The van der Waals surface area contributed by atoms with Gasteiger partial charge < -0.3 is 9.88 Å². The van der Waals surface area contributed by atoms with Gasteiger partial charge in [0, 0.05) is 24.6 Å². The molecule has 4 nitrogen and oxygen atoms in total. The zero-order chi connectivity index (χ0) is 12.3. The van der Waals surface area contributed by atoms with Gasteiger partial charge in [0.25, 0.3) is 5.91 Å². The smallest absolute Gasteiger partial charge is 0.270 e. The van der Waals surface area contributed by atoms with Crippen LogP contribution < -0.4 is 5.32 Å². The highest BCUT2D eigenvalue weighted by atomic mass is 16.1. The summed E-state index contributed by atoms with van der Waals surface area (Å²) < 4.78 is 1.98. The van der Waals surface area contributed by atoms with Crippen LogP contribution in [0.4, 0.5) is 0 Å². The predicted octanol–water partition coefficient (Wildman–Crippen LogP) is 1.66. The van der Waals surface area contributed by atoms with Crippen molar-refractivity contribution >= 4 is 5.91 Å². The highest BCUT2D eigenvalue weighted by Gasteiger charge is 2.07. The molecular formula is C13H15N3O. The van der Waals surface area contributed by atoms with Crippen LogP contribution in [0.25, 0.3) is 0 Å². The summed E-state index contributed by atoms with van der Waals surface area (Å²) in [5.74, 6) is -0.144. The van der Waals surface area contributed by atoms with Crippen LogP contribution in [0.2, 0.25) is 0 Å². The van der Waals surface area contributed by atoms with Crippen LogP contribution in [0.1, 0.15) is 21.9 Å². The Labute approximate surface area is 100 Å². The fourth-order valence-electron chi connectivity index (χ4n) is 1.61. The molecule has 0 spiro atoms. The molecule has 0 radical (unpaired) electrons. The Morgan fingerprint density at radius 3 is 2.82 bits per heavy atom. The summed E-state index contributed by atoms with van der Waals surface area (Å²) >= 11 is 0. The van der Waals surface area contributed by atoms with Gasteiger partial charge in [-0.3, -0.25) is 4.79 Å². The SMILES string of the molecule is Cc1cccc(C(=O)NCc2cccn2C)n1. The molecule has 1 amide bonds. The summed E-state index contributed by atoms with van der Waals surface area (Å²) in [6, 6.07) is 9.34. The van der Waals surface area contributed by atoms with Crippen molar-refractivity contribution < 1.29 is 4.79 Å². The van der Waals surface area contributed by atoms with Gasteiger partial charge >= 0.3 is 0 Å². The number of rotatable bonds is 3. The van der Waals surface area contributed by atoms with Crippen molar-refractivity contribution in [3.8, 4) is 0 Å². The molecule has 4 heteroatoms. The van der Waals surface area contributed by atoms with E-state index in [0.717, 1.165) is 11.4 Å². The molecule has 0 fully saturated rings. The topological polar surface area (TPSA) is 46.9 Å². The first-order valence-electron chi connectivity index (χ1n) is 5.49. The van der Waals surface area contributed by atoms with Crippen LogP contribution in [0, 0.1) is 6.92 Å². The number of hydrogen-bond acceptors (Lipinski definition) is 2. The van der Waals surface area contributed by atoms with E-state index in [-0.39, 0.29) is 5.91 Å². The van der Waals surface area contributed by atoms with Crippen molar-refractivity contribution in [3.63, 3.8) is 0 Å². The number of pyridine rings is 1. The zero-order valence-corrected chi connectivity index (χ0v) is 9.97. The van der Waals surface area contributed by atoms with Gasteiger partial charge in [-0.15, -0.1) is 0 Å². The maximum absolute atomic E-state index is 11.8. The molecule has 1 N–H and O–H groups in total. The molecule has 0 aliphatic rings. The van der Waals surface area contributed by atoms with Crippen molar-refractivity contribution in [1.82, 2.24) is 14.9 Å². The first-order chi connectivity index (χ1) is 8.16. The number of carbonyl (C=O) groups is 1. The van der Waals surface area contributed by atoms with E-state index in [1.165, 1.54) is 0 Å². The monoisotopic (exact) mass is 229 g/mol. The van der Waals surface area contributed by atoms with Crippen molar-refractivity contribution in [1.29, 1.82) is 0 Å². The molecule has 0 saturated carbocycles. The molecule has 2 aromatic rings. The lowest BCUT2D eigenvalue weighted by Gasteiger charge is -2.06. The van der Waals surface area contributed by atoms with Gasteiger partial charge in [0.2, 0.25) is 0 Å². The largest absolute Gasteiger partial charge is 0.353 e. The van der Waals surface area contributed by atoms with Crippen LogP contribution in [0.3, 0.4) is 0 Å². The fourth-order valence-corrected chi connectivity index (χ4v) is 1.61. The van der Waals surface area contributed by atoms with E-state index in [2.05, 4.69) is 10.3 Å². The molecule has 0 atom stereocenters. The molecule has 2 aromatic heterocycles. The number of nitrogens with zero attached hydrogens (tertiary/aromatic N) is 2. The quantitative estimate of drug-likeness (QED) is 0.870. The lowest BCUT2D eigenvalue weighted by Crippen LogP contribution is -2.24. The molecule has 0 aromatic carbocycles. The summed E-state index contributed by atoms with van der Waals surface area (Å²) in [7, 11) is 1.95. The Bertz CT molecular complexity index is 531. The fraction of sp³-hybridized carbons (Fsp3) is 0.231. The minimum Gasteiger partial charge on any atom is -0.353 e. The lowest BCUT2D eigenvalue weighted by molar-refractivity contribution is 0.0945. The minimum absolute atomic E-state index is 0.144. The second kappa shape index (κ2) is 4.82. The Kier molecular flexibility index (Phi) is 3.23. The first-order valence-corrected chi connectivity index (χ1v) is 5.49. The van der Waals surface area contributed by atoms with Crippen molar-refractivity contribution in [2.75, 3.05) is 0 Å². The normalized spacial score (nSPS) is 10.2. The minimum atomic E-state index is -0.144. The van der Waals surface area contributed by atoms with Gasteiger partial charge in [-0.25, -0.2) is 4.98 Å². The Morgan fingerprint density at radius 1 is 1.35 bits per heavy atom. The molecule has 0 unspecified atom stereocenters. The Hall–Kier alpha value is -2.10. The number of carbonyl (C=O) groups excluding carboxylic acids is 1. The van der Waals surface area contributed by atoms with Crippen LogP contribution in [0.15, 0.2) is 36.5 Å². The molecule has 0 saturated heterocycles. The van der Waals surface area contributed by atoms with E-state index >= 15 is 0 Å². The van der Waals surface area contributed by atoms with Crippen LogP contribution >= 0.6 is 0 Å². The van der Waals surface area contributed by atoms with Crippen LogP contribution in [-0.2, 0) is 13.6 Å².